The van der Waals surface area contributed by atoms with E-state index in [4.69, 9.17) is 0 Å². The Balaban J connectivity index is 1.73. The second-order valence-corrected chi connectivity index (χ2v) is 5.47. The molecule has 0 bridgehead atoms. The predicted molar refractivity (Wildman–Crippen MR) is 76.8 cm³/mol. The molecule has 2 heterocycles. The van der Waals surface area contributed by atoms with Gasteiger partial charge in [-0.3, -0.25) is 9.48 Å². The van der Waals surface area contributed by atoms with E-state index in [-0.39, 0.29) is 5.56 Å². The van der Waals surface area contributed by atoms with Gasteiger partial charge in [0.1, 0.15) is 0 Å². The van der Waals surface area contributed by atoms with Crippen molar-refractivity contribution in [3.63, 3.8) is 0 Å². The van der Waals surface area contributed by atoms with Crippen LogP contribution in [-0.4, -0.2) is 26.1 Å². The Morgan fingerprint density at radius 1 is 1.40 bits per heavy atom. The maximum Gasteiger partial charge on any atom is 0.269 e. The highest BCUT2D eigenvalue weighted by molar-refractivity contribution is 5.39. The summed E-state index contributed by atoms with van der Waals surface area (Å²) in [6.45, 7) is 3.32. The second-order valence-electron chi connectivity index (χ2n) is 5.47. The number of nitrogens with one attached hydrogen (secondary N) is 1. The molecule has 0 amide bonds. The number of nitrogens with zero attached hydrogens (tertiary/aromatic N) is 4. The number of hydrogen-bond acceptors (Lipinski definition) is 4. The van der Waals surface area contributed by atoms with Crippen LogP contribution in [0, 0.1) is 12.8 Å². The average molecular weight is 273 g/mol. The van der Waals surface area contributed by atoms with Gasteiger partial charge in [0.2, 0.25) is 0 Å². The van der Waals surface area contributed by atoms with Crippen LogP contribution in [0.1, 0.15) is 24.2 Å². The zero-order chi connectivity index (χ0) is 14.1. The summed E-state index contributed by atoms with van der Waals surface area (Å²) >= 11 is 0. The predicted octanol–water partition coefficient (Wildman–Crippen LogP) is 1.16. The molecule has 2 aromatic rings. The van der Waals surface area contributed by atoms with Crippen LogP contribution in [0.4, 0.5) is 5.69 Å². The van der Waals surface area contributed by atoms with Crippen molar-refractivity contribution < 1.29 is 0 Å². The Morgan fingerprint density at radius 2 is 2.20 bits per heavy atom. The van der Waals surface area contributed by atoms with E-state index in [1.165, 1.54) is 17.5 Å². The fraction of sp³-hybridized carbons (Fsp3) is 0.500. The van der Waals surface area contributed by atoms with Crippen molar-refractivity contribution in [1.29, 1.82) is 0 Å². The van der Waals surface area contributed by atoms with Crippen LogP contribution in [0.15, 0.2) is 23.1 Å². The number of rotatable bonds is 5. The fourth-order valence-electron chi connectivity index (χ4n) is 2.20. The molecule has 0 aromatic carbocycles. The van der Waals surface area contributed by atoms with Gasteiger partial charge in [0.15, 0.2) is 0 Å². The summed E-state index contributed by atoms with van der Waals surface area (Å²) in [7, 11) is 1.87. The summed E-state index contributed by atoms with van der Waals surface area (Å²) in [6, 6.07) is 3.58. The SMILES string of the molecule is Cc1cc(Cn2ncc(NCC3CC3)cc2=O)n(C)n1. The van der Waals surface area contributed by atoms with Crippen LogP contribution in [0.25, 0.3) is 0 Å². The van der Waals surface area contributed by atoms with E-state index in [0.29, 0.717) is 6.54 Å². The molecule has 1 saturated carbocycles. The number of aryl methyl sites for hydroxylation is 2. The van der Waals surface area contributed by atoms with E-state index >= 15 is 0 Å². The third-order valence-electron chi connectivity index (χ3n) is 3.57. The topological polar surface area (TPSA) is 64.7 Å². The van der Waals surface area contributed by atoms with Crippen molar-refractivity contribution >= 4 is 5.69 Å². The van der Waals surface area contributed by atoms with Crippen molar-refractivity contribution in [3.8, 4) is 0 Å². The van der Waals surface area contributed by atoms with Gasteiger partial charge < -0.3 is 5.32 Å². The van der Waals surface area contributed by atoms with Gasteiger partial charge in [-0.15, -0.1) is 0 Å². The molecule has 106 valence electrons. The van der Waals surface area contributed by atoms with Crippen molar-refractivity contribution in [1.82, 2.24) is 19.6 Å². The lowest BCUT2D eigenvalue weighted by Gasteiger charge is -2.07. The molecule has 0 atom stereocenters. The lowest BCUT2D eigenvalue weighted by atomic mass is 10.3. The van der Waals surface area contributed by atoms with Gasteiger partial charge >= 0.3 is 0 Å². The first-order valence-electron chi connectivity index (χ1n) is 6.92. The van der Waals surface area contributed by atoms with Gasteiger partial charge in [-0.25, -0.2) is 4.68 Å². The summed E-state index contributed by atoms with van der Waals surface area (Å²) in [5, 5.41) is 11.8. The summed E-state index contributed by atoms with van der Waals surface area (Å²) < 4.78 is 3.24. The highest BCUT2D eigenvalue weighted by atomic mass is 16.1. The molecule has 0 unspecified atom stereocenters. The van der Waals surface area contributed by atoms with Crippen LogP contribution in [-0.2, 0) is 13.6 Å². The Kier molecular flexibility index (Phi) is 3.30. The van der Waals surface area contributed by atoms with Gasteiger partial charge in [-0.2, -0.15) is 10.2 Å². The molecule has 0 aliphatic heterocycles. The second kappa shape index (κ2) is 5.11. The summed E-state index contributed by atoms with van der Waals surface area (Å²) in [5.74, 6) is 0.773. The quantitative estimate of drug-likeness (QED) is 0.887. The molecule has 1 N–H and O–H groups in total. The van der Waals surface area contributed by atoms with Crippen LogP contribution in [0.2, 0.25) is 0 Å². The van der Waals surface area contributed by atoms with E-state index in [9.17, 15) is 4.79 Å². The maximum absolute atomic E-state index is 12.1. The summed E-state index contributed by atoms with van der Waals surface area (Å²) in [4.78, 5) is 12.1. The minimum absolute atomic E-state index is 0.0929. The first-order valence-corrected chi connectivity index (χ1v) is 6.92. The fourth-order valence-corrected chi connectivity index (χ4v) is 2.20. The van der Waals surface area contributed by atoms with Crippen molar-refractivity contribution in [3.05, 3.63) is 40.1 Å². The Labute approximate surface area is 117 Å². The van der Waals surface area contributed by atoms with Crippen LogP contribution >= 0.6 is 0 Å². The standard InChI is InChI=1S/C14H19N5O/c1-10-5-13(18(2)17-10)9-19-14(20)6-12(8-16-19)15-7-11-3-4-11/h5-6,8,11,15H,3-4,7,9H2,1-2H3. The van der Waals surface area contributed by atoms with Crippen molar-refractivity contribution in [2.24, 2.45) is 13.0 Å². The minimum Gasteiger partial charge on any atom is -0.383 e. The minimum atomic E-state index is -0.0929. The van der Waals surface area contributed by atoms with E-state index in [1.54, 1.807) is 16.9 Å². The van der Waals surface area contributed by atoms with Gasteiger partial charge in [0.25, 0.3) is 5.56 Å². The van der Waals surface area contributed by atoms with E-state index in [2.05, 4.69) is 15.5 Å². The first kappa shape index (κ1) is 12.9. The van der Waals surface area contributed by atoms with Gasteiger partial charge in [0, 0.05) is 19.7 Å². The average Bonchev–Trinajstić information content (AvgIpc) is 3.17. The lowest BCUT2D eigenvalue weighted by molar-refractivity contribution is 0.591. The zero-order valence-corrected chi connectivity index (χ0v) is 11.8. The molecule has 0 radical (unpaired) electrons. The third-order valence-corrected chi connectivity index (χ3v) is 3.57. The van der Waals surface area contributed by atoms with Crippen molar-refractivity contribution in [2.45, 2.75) is 26.3 Å². The molecule has 0 spiro atoms. The molecule has 0 saturated heterocycles. The highest BCUT2D eigenvalue weighted by Crippen LogP contribution is 2.28. The van der Waals surface area contributed by atoms with Gasteiger partial charge in [-0.05, 0) is 31.7 Å². The molecular formula is C14H19N5O. The first-order chi connectivity index (χ1) is 9.61. The van der Waals surface area contributed by atoms with Crippen LogP contribution in [0.5, 0.6) is 0 Å². The number of anilines is 1. The van der Waals surface area contributed by atoms with Crippen LogP contribution < -0.4 is 10.9 Å². The molecule has 6 heteroatoms. The van der Waals surface area contributed by atoms with E-state index in [1.807, 2.05) is 20.0 Å². The number of hydrogen-bond donors (Lipinski definition) is 1. The molecule has 1 aliphatic carbocycles. The van der Waals surface area contributed by atoms with Gasteiger partial charge in [0.05, 0.1) is 29.8 Å². The monoisotopic (exact) mass is 273 g/mol. The molecule has 2 aromatic heterocycles. The molecule has 20 heavy (non-hydrogen) atoms. The number of aromatic nitrogens is 4. The van der Waals surface area contributed by atoms with Crippen molar-refractivity contribution in [2.75, 3.05) is 11.9 Å². The molecule has 1 aliphatic rings. The van der Waals surface area contributed by atoms with Crippen LogP contribution in [0.3, 0.4) is 0 Å². The molecule has 3 rings (SSSR count). The molecular weight excluding hydrogens is 254 g/mol. The lowest BCUT2D eigenvalue weighted by Crippen LogP contribution is -2.24. The molecule has 1 fully saturated rings. The smallest absolute Gasteiger partial charge is 0.269 e. The highest BCUT2D eigenvalue weighted by Gasteiger charge is 2.20. The van der Waals surface area contributed by atoms with E-state index < -0.39 is 0 Å². The largest absolute Gasteiger partial charge is 0.383 e. The normalized spacial score (nSPS) is 14.5. The zero-order valence-electron chi connectivity index (χ0n) is 11.8. The Morgan fingerprint density at radius 3 is 2.80 bits per heavy atom. The molecule has 6 nitrogen and oxygen atoms in total. The Bertz CT molecular complexity index is 668. The van der Waals surface area contributed by atoms with E-state index in [0.717, 1.165) is 29.5 Å². The van der Waals surface area contributed by atoms with Gasteiger partial charge in [-0.1, -0.05) is 0 Å². The summed E-state index contributed by atoms with van der Waals surface area (Å²) in [6.07, 6.45) is 4.29. The summed E-state index contributed by atoms with van der Waals surface area (Å²) in [5.41, 5.74) is 2.62. The third kappa shape index (κ3) is 2.89. The Hall–Kier alpha value is -2.11. The maximum atomic E-state index is 12.1.